The Morgan fingerprint density at radius 2 is 1.46 bits per heavy atom. The molecule has 0 radical (unpaired) electrons. The molecule has 0 N–H and O–H groups in total. The molecule has 0 atom stereocenters. The molecule has 4 nitrogen and oxygen atoms in total. The Labute approximate surface area is 170 Å². The predicted octanol–water partition coefficient (Wildman–Crippen LogP) is 5.50. The van der Waals surface area contributed by atoms with Crippen molar-refractivity contribution in [2.75, 3.05) is 0 Å². The highest BCUT2D eigenvalue weighted by Gasteiger charge is 2.53. The minimum atomic E-state index is -1.04. The van der Waals surface area contributed by atoms with Crippen LogP contribution in [0.2, 0.25) is 5.02 Å². The second-order valence-electron chi connectivity index (χ2n) is 8.05. The number of hydrogen-bond donors (Lipinski definition) is 0. The van der Waals surface area contributed by atoms with Crippen molar-refractivity contribution in [1.82, 2.24) is 0 Å². The Kier molecular flexibility index (Phi) is 5.39. The number of hydrogen-bond acceptors (Lipinski definition) is 4. The van der Waals surface area contributed by atoms with Gasteiger partial charge in [-0.3, -0.25) is 9.59 Å². The van der Waals surface area contributed by atoms with E-state index in [1.165, 1.54) is 0 Å². The Hall–Kier alpha value is -2.17. The standard InChI is InChI=1S/C23H25ClO4/c1-6-14-7-10-17(27-16-11-8-15(24)9-12-16)13-18(14)19-20(25)22(2,3)28-23(4,5)21(19)26/h7-13,19H,6H2,1-5H3. The molecule has 148 valence electrons. The van der Waals surface area contributed by atoms with E-state index in [0.29, 0.717) is 28.5 Å². The Morgan fingerprint density at radius 1 is 0.929 bits per heavy atom. The normalized spacial score (nSPS) is 18.9. The van der Waals surface area contributed by atoms with Gasteiger partial charge in [0.25, 0.3) is 0 Å². The lowest BCUT2D eigenvalue weighted by Gasteiger charge is -2.43. The fraction of sp³-hybridized carbons (Fsp3) is 0.391. The van der Waals surface area contributed by atoms with Gasteiger partial charge in [0.05, 0.1) is 0 Å². The second kappa shape index (κ2) is 7.34. The highest BCUT2D eigenvalue weighted by molar-refractivity contribution is 6.30. The van der Waals surface area contributed by atoms with E-state index in [2.05, 4.69) is 0 Å². The van der Waals surface area contributed by atoms with Gasteiger partial charge in [0.1, 0.15) is 28.6 Å². The van der Waals surface area contributed by atoms with Crippen LogP contribution in [0.5, 0.6) is 11.5 Å². The number of carbonyl (C=O) groups is 2. The van der Waals surface area contributed by atoms with Crippen LogP contribution in [0.15, 0.2) is 42.5 Å². The van der Waals surface area contributed by atoms with E-state index in [-0.39, 0.29) is 11.6 Å². The average Bonchev–Trinajstić information content (AvgIpc) is 2.62. The molecule has 2 aromatic carbocycles. The molecular formula is C23H25ClO4. The van der Waals surface area contributed by atoms with E-state index in [9.17, 15) is 9.59 Å². The molecule has 5 heteroatoms. The number of carbonyl (C=O) groups excluding carboxylic acids is 2. The first-order valence-electron chi connectivity index (χ1n) is 9.40. The van der Waals surface area contributed by atoms with Gasteiger partial charge in [-0.2, -0.15) is 0 Å². The SMILES string of the molecule is CCc1ccc(Oc2ccc(Cl)cc2)cc1C1C(=O)C(C)(C)OC(C)(C)C1=O. The van der Waals surface area contributed by atoms with Gasteiger partial charge in [-0.15, -0.1) is 0 Å². The molecule has 0 bridgehead atoms. The third-order valence-electron chi connectivity index (χ3n) is 5.08. The summed E-state index contributed by atoms with van der Waals surface area (Å²) in [4.78, 5) is 26.2. The van der Waals surface area contributed by atoms with E-state index in [1.807, 2.05) is 19.1 Å². The lowest BCUT2D eigenvalue weighted by atomic mass is 9.73. The van der Waals surface area contributed by atoms with Gasteiger partial charge in [-0.25, -0.2) is 0 Å². The van der Waals surface area contributed by atoms with Crippen molar-refractivity contribution in [2.45, 2.75) is 58.2 Å². The molecule has 2 aromatic rings. The Bertz CT molecular complexity index is 887. The molecule has 0 spiro atoms. The van der Waals surface area contributed by atoms with E-state index in [1.54, 1.807) is 58.0 Å². The lowest BCUT2D eigenvalue weighted by molar-refractivity contribution is -0.184. The molecule has 0 saturated carbocycles. The highest BCUT2D eigenvalue weighted by Crippen LogP contribution is 2.40. The molecule has 1 aliphatic rings. The molecule has 0 amide bonds. The zero-order chi connectivity index (χ0) is 20.7. The third-order valence-corrected chi connectivity index (χ3v) is 5.33. The summed E-state index contributed by atoms with van der Waals surface area (Å²) in [7, 11) is 0. The van der Waals surface area contributed by atoms with Crippen LogP contribution in [0.4, 0.5) is 0 Å². The first kappa shape index (κ1) is 20.6. The van der Waals surface area contributed by atoms with Crippen molar-refractivity contribution < 1.29 is 19.1 Å². The predicted molar refractivity (Wildman–Crippen MR) is 109 cm³/mol. The third kappa shape index (κ3) is 3.85. The van der Waals surface area contributed by atoms with Gasteiger partial charge in [0.15, 0.2) is 11.6 Å². The molecule has 1 saturated heterocycles. The minimum absolute atomic E-state index is 0.227. The number of benzene rings is 2. The van der Waals surface area contributed by atoms with Crippen LogP contribution in [-0.2, 0) is 20.7 Å². The van der Waals surface area contributed by atoms with Gasteiger partial charge < -0.3 is 9.47 Å². The van der Waals surface area contributed by atoms with Crippen LogP contribution in [0.3, 0.4) is 0 Å². The van der Waals surface area contributed by atoms with Gasteiger partial charge >= 0.3 is 0 Å². The van der Waals surface area contributed by atoms with Gasteiger partial charge in [0, 0.05) is 5.02 Å². The molecule has 0 aliphatic carbocycles. The van der Waals surface area contributed by atoms with E-state index >= 15 is 0 Å². The van der Waals surface area contributed by atoms with Crippen LogP contribution in [0.1, 0.15) is 51.7 Å². The summed E-state index contributed by atoms with van der Waals surface area (Å²) >= 11 is 5.92. The number of Topliss-reactive ketones (excluding diaryl/α,β-unsaturated/α-hetero) is 2. The number of halogens is 1. The van der Waals surface area contributed by atoms with E-state index in [0.717, 1.165) is 5.56 Å². The topological polar surface area (TPSA) is 52.6 Å². The van der Waals surface area contributed by atoms with Crippen LogP contribution in [0, 0.1) is 0 Å². The van der Waals surface area contributed by atoms with Crippen molar-refractivity contribution in [3.05, 3.63) is 58.6 Å². The quantitative estimate of drug-likeness (QED) is 0.635. The molecule has 28 heavy (non-hydrogen) atoms. The molecule has 1 heterocycles. The maximum atomic E-state index is 13.1. The van der Waals surface area contributed by atoms with Crippen molar-refractivity contribution in [1.29, 1.82) is 0 Å². The monoisotopic (exact) mass is 400 g/mol. The average molecular weight is 401 g/mol. The number of rotatable bonds is 4. The van der Waals surface area contributed by atoms with E-state index in [4.69, 9.17) is 21.1 Å². The molecule has 3 rings (SSSR count). The Balaban J connectivity index is 2.05. The van der Waals surface area contributed by atoms with E-state index < -0.39 is 17.1 Å². The summed E-state index contributed by atoms with van der Waals surface area (Å²) in [6, 6.07) is 12.6. The van der Waals surface area contributed by atoms with Gasteiger partial charge in [-0.05, 0) is 81.6 Å². The number of ether oxygens (including phenoxy) is 2. The number of aryl methyl sites for hydroxylation is 1. The first-order valence-corrected chi connectivity index (χ1v) is 9.78. The Morgan fingerprint density at radius 3 is 2.00 bits per heavy atom. The number of ketones is 2. The fourth-order valence-electron chi connectivity index (χ4n) is 3.70. The van der Waals surface area contributed by atoms with Gasteiger partial charge in [-0.1, -0.05) is 24.6 Å². The van der Waals surface area contributed by atoms with Crippen LogP contribution in [-0.4, -0.2) is 22.8 Å². The second-order valence-corrected chi connectivity index (χ2v) is 8.49. The summed E-state index contributed by atoms with van der Waals surface area (Å²) in [5.74, 6) is -0.130. The van der Waals surface area contributed by atoms with Crippen molar-refractivity contribution in [2.24, 2.45) is 0 Å². The molecule has 1 aliphatic heterocycles. The van der Waals surface area contributed by atoms with Crippen LogP contribution >= 0.6 is 11.6 Å². The first-order chi connectivity index (χ1) is 13.0. The summed E-state index contributed by atoms with van der Waals surface area (Å²) < 4.78 is 11.7. The van der Waals surface area contributed by atoms with Crippen molar-refractivity contribution in [3.8, 4) is 11.5 Å². The molecular weight excluding hydrogens is 376 g/mol. The maximum absolute atomic E-state index is 13.1. The van der Waals surface area contributed by atoms with Crippen LogP contribution < -0.4 is 4.74 Å². The zero-order valence-corrected chi connectivity index (χ0v) is 17.6. The lowest BCUT2D eigenvalue weighted by Crippen LogP contribution is -2.58. The largest absolute Gasteiger partial charge is 0.457 e. The molecule has 0 unspecified atom stereocenters. The summed E-state index contributed by atoms with van der Waals surface area (Å²) in [5.41, 5.74) is -0.447. The van der Waals surface area contributed by atoms with Crippen molar-refractivity contribution in [3.63, 3.8) is 0 Å². The van der Waals surface area contributed by atoms with Crippen molar-refractivity contribution >= 4 is 23.2 Å². The minimum Gasteiger partial charge on any atom is -0.457 e. The summed E-state index contributed by atoms with van der Waals surface area (Å²) in [5, 5.41) is 0.622. The molecule has 0 aromatic heterocycles. The highest BCUT2D eigenvalue weighted by atomic mass is 35.5. The maximum Gasteiger partial charge on any atom is 0.179 e. The smallest absolute Gasteiger partial charge is 0.179 e. The molecule has 1 fully saturated rings. The summed E-state index contributed by atoms with van der Waals surface area (Å²) in [6.07, 6.45) is 0.704. The van der Waals surface area contributed by atoms with Gasteiger partial charge in [0.2, 0.25) is 0 Å². The van der Waals surface area contributed by atoms with Crippen LogP contribution in [0.25, 0.3) is 0 Å². The summed E-state index contributed by atoms with van der Waals surface area (Å²) in [6.45, 7) is 8.88. The zero-order valence-electron chi connectivity index (χ0n) is 16.8. The fourth-order valence-corrected chi connectivity index (χ4v) is 3.83.